The Kier molecular flexibility index (Phi) is 8.21. The zero-order chi connectivity index (χ0) is 30.5. The molecule has 4 aromatic carbocycles. The van der Waals surface area contributed by atoms with Crippen molar-refractivity contribution < 1.29 is 24.5 Å². The van der Waals surface area contributed by atoms with E-state index in [2.05, 4.69) is 110 Å². The van der Waals surface area contributed by atoms with Crippen LogP contribution in [0.1, 0.15) is 25.0 Å². The van der Waals surface area contributed by atoms with E-state index in [9.17, 15) is 0 Å². The third-order valence-electron chi connectivity index (χ3n) is 8.68. The van der Waals surface area contributed by atoms with E-state index in [4.69, 9.17) is 4.42 Å². The maximum absolute atomic E-state index is 6.56. The molecule has 3 aromatic heterocycles. The molecule has 1 aliphatic carbocycles. The molecule has 0 unspecified atom stereocenters. The maximum atomic E-state index is 6.56. The Morgan fingerprint density at radius 2 is 1.44 bits per heavy atom. The number of furan rings is 1. The van der Waals surface area contributed by atoms with Gasteiger partial charge in [-0.3, -0.25) is 0 Å². The molecular formula is C40H34IrN2OSi-2. The van der Waals surface area contributed by atoms with Crippen molar-refractivity contribution in [2.24, 2.45) is 0 Å². The molecule has 0 saturated carbocycles. The SMILES string of the molecule is CC1(C)c2ccccc2-c2c1ccc1c2oc2c(-c3ccccn3)[c-]ccc21.C[Si](C)(C)c1ccc(-c2[c-]cccc2)nc1.[Ir]. The summed E-state index contributed by atoms with van der Waals surface area (Å²) >= 11 is 0. The summed E-state index contributed by atoms with van der Waals surface area (Å²) in [5.41, 5.74) is 10.8. The van der Waals surface area contributed by atoms with Crippen molar-refractivity contribution >= 4 is 35.2 Å². The van der Waals surface area contributed by atoms with Gasteiger partial charge in [0.05, 0.1) is 13.7 Å². The second kappa shape index (κ2) is 12.0. The van der Waals surface area contributed by atoms with Crippen LogP contribution >= 0.6 is 0 Å². The number of pyridine rings is 2. The molecule has 45 heavy (non-hydrogen) atoms. The summed E-state index contributed by atoms with van der Waals surface area (Å²) in [6.45, 7) is 11.6. The number of hydrogen-bond acceptors (Lipinski definition) is 3. The third kappa shape index (κ3) is 5.50. The average molecular weight is 779 g/mol. The monoisotopic (exact) mass is 779 g/mol. The van der Waals surface area contributed by atoms with E-state index < -0.39 is 8.07 Å². The number of nitrogens with zero attached hydrogens (tertiary/aromatic N) is 2. The molecule has 0 N–H and O–H groups in total. The van der Waals surface area contributed by atoms with Gasteiger partial charge in [-0.15, -0.1) is 54.1 Å². The van der Waals surface area contributed by atoms with Crippen molar-refractivity contribution in [1.29, 1.82) is 0 Å². The van der Waals surface area contributed by atoms with Gasteiger partial charge in [0.15, 0.2) is 0 Å². The Bertz CT molecular complexity index is 2110. The standard InChI is InChI=1S/C26H18NO.C14H16NSi.Ir/c1-26(2)20-11-4-3-8-18(20)23-21(26)14-13-17-16-9-7-10-19(24(16)28-25(17)23)22-12-5-6-15-27-22;1-16(2,3)13-9-10-14(15-11-13)12-7-5-4-6-8-12;/h3-9,11-15H,1-2H3;4-7,9-11H,1-3H3;/q2*-1;. The van der Waals surface area contributed by atoms with Crippen LogP contribution in [0.4, 0.5) is 0 Å². The minimum absolute atomic E-state index is 0. The number of aromatic nitrogens is 2. The van der Waals surface area contributed by atoms with Gasteiger partial charge in [0.25, 0.3) is 0 Å². The molecule has 0 aliphatic heterocycles. The first-order chi connectivity index (χ1) is 21.2. The molecular weight excluding hydrogens is 745 g/mol. The second-order valence-corrected chi connectivity index (χ2v) is 18.0. The predicted octanol–water partition coefficient (Wildman–Crippen LogP) is 9.85. The van der Waals surface area contributed by atoms with E-state index in [-0.39, 0.29) is 25.5 Å². The Morgan fingerprint density at radius 3 is 2.16 bits per heavy atom. The third-order valence-corrected chi connectivity index (χ3v) is 10.7. The van der Waals surface area contributed by atoms with Crippen molar-refractivity contribution in [2.45, 2.75) is 38.9 Å². The van der Waals surface area contributed by atoms with Crippen LogP contribution in [0.5, 0.6) is 0 Å². The molecule has 0 spiro atoms. The number of benzene rings is 4. The van der Waals surface area contributed by atoms with E-state index in [1.807, 2.05) is 54.7 Å². The zero-order valence-corrected chi connectivity index (χ0v) is 29.5. The van der Waals surface area contributed by atoms with Gasteiger partial charge in [-0.25, -0.2) is 0 Å². The molecule has 0 amide bonds. The van der Waals surface area contributed by atoms with E-state index in [1.54, 1.807) is 6.20 Å². The van der Waals surface area contributed by atoms with Crippen molar-refractivity contribution in [3.8, 4) is 33.6 Å². The molecule has 1 aliphatic rings. The van der Waals surface area contributed by atoms with Gasteiger partial charge in [0, 0.05) is 48.9 Å². The Hall–Kier alpha value is -4.15. The van der Waals surface area contributed by atoms with Gasteiger partial charge in [0.2, 0.25) is 0 Å². The molecule has 8 rings (SSSR count). The molecule has 0 fully saturated rings. The van der Waals surface area contributed by atoms with Crippen LogP contribution in [-0.2, 0) is 25.5 Å². The molecule has 7 aromatic rings. The normalized spacial score (nSPS) is 13.0. The summed E-state index contributed by atoms with van der Waals surface area (Å²) in [7, 11) is -1.23. The largest absolute Gasteiger partial charge is 0.500 e. The summed E-state index contributed by atoms with van der Waals surface area (Å²) in [6, 6.07) is 41.9. The van der Waals surface area contributed by atoms with Crippen molar-refractivity contribution in [3.05, 3.63) is 139 Å². The minimum Gasteiger partial charge on any atom is -0.500 e. The van der Waals surface area contributed by atoms with Gasteiger partial charge in [-0.1, -0.05) is 105 Å². The van der Waals surface area contributed by atoms with Crippen LogP contribution in [0, 0.1) is 12.1 Å². The second-order valence-electron chi connectivity index (χ2n) is 12.9. The molecule has 0 atom stereocenters. The first-order valence-electron chi connectivity index (χ1n) is 15.1. The van der Waals surface area contributed by atoms with Gasteiger partial charge >= 0.3 is 0 Å². The number of fused-ring (bicyclic) bond motifs is 7. The van der Waals surface area contributed by atoms with Crippen molar-refractivity contribution in [3.63, 3.8) is 0 Å². The van der Waals surface area contributed by atoms with Gasteiger partial charge in [0.1, 0.15) is 5.58 Å². The van der Waals surface area contributed by atoms with E-state index >= 15 is 0 Å². The predicted molar refractivity (Wildman–Crippen MR) is 185 cm³/mol. The van der Waals surface area contributed by atoms with Crippen molar-refractivity contribution in [2.75, 3.05) is 0 Å². The number of hydrogen-bond donors (Lipinski definition) is 0. The molecule has 0 bridgehead atoms. The fourth-order valence-electron chi connectivity index (χ4n) is 6.24. The molecule has 225 valence electrons. The molecule has 1 radical (unpaired) electrons. The molecule has 0 saturated heterocycles. The summed E-state index contributed by atoms with van der Waals surface area (Å²) in [6.07, 6.45) is 3.82. The smallest absolute Gasteiger partial charge is 0.129 e. The Morgan fingerprint density at radius 1 is 0.667 bits per heavy atom. The summed E-state index contributed by atoms with van der Waals surface area (Å²) in [4.78, 5) is 9.03. The molecule has 3 nitrogen and oxygen atoms in total. The molecule has 3 heterocycles. The first kappa shape index (κ1) is 30.9. The Balaban J connectivity index is 0.000000181. The van der Waals surface area contributed by atoms with Crippen LogP contribution < -0.4 is 5.19 Å². The van der Waals surface area contributed by atoms with Crippen molar-refractivity contribution in [1.82, 2.24) is 9.97 Å². The average Bonchev–Trinajstić information content (AvgIpc) is 3.54. The van der Waals surface area contributed by atoms with Crippen LogP contribution in [-0.4, -0.2) is 18.0 Å². The fourth-order valence-corrected chi connectivity index (χ4v) is 7.27. The quantitative estimate of drug-likeness (QED) is 0.133. The zero-order valence-electron chi connectivity index (χ0n) is 26.1. The first-order valence-corrected chi connectivity index (χ1v) is 18.6. The summed E-state index contributed by atoms with van der Waals surface area (Å²) < 4.78 is 6.56. The van der Waals surface area contributed by atoms with E-state index in [0.717, 1.165) is 44.5 Å². The molecule has 5 heteroatoms. The van der Waals surface area contributed by atoms with E-state index in [1.165, 1.54) is 27.4 Å². The van der Waals surface area contributed by atoms with E-state index in [0.29, 0.717) is 0 Å². The fraction of sp³-hybridized carbons (Fsp3) is 0.150. The van der Waals surface area contributed by atoms with Gasteiger partial charge in [-0.05, 0) is 39.3 Å². The Labute approximate surface area is 279 Å². The van der Waals surface area contributed by atoms with Crippen LogP contribution in [0.2, 0.25) is 19.6 Å². The number of rotatable bonds is 3. The summed E-state index contributed by atoms with van der Waals surface area (Å²) in [5, 5.41) is 3.65. The summed E-state index contributed by atoms with van der Waals surface area (Å²) in [5.74, 6) is 0. The minimum atomic E-state index is -1.23. The van der Waals surface area contributed by atoms with Crippen LogP contribution in [0.25, 0.3) is 55.6 Å². The van der Waals surface area contributed by atoms with Crippen LogP contribution in [0.15, 0.2) is 120 Å². The maximum Gasteiger partial charge on any atom is 0.129 e. The topological polar surface area (TPSA) is 38.9 Å². The van der Waals surface area contributed by atoms with Gasteiger partial charge in [-0.2, -0.15) is 0 Å². The van der Waals surface area contributed by atoms with Crippen LogP contribution in [0.3, 0.4) is 0 Å². The van der Waals surface area contributed by atoms with Gasteiger partial charge < -0.3 is 14.4 Å².